The van der Waals surface area contributed by atoms with E-state index < -0.39 is 20.4 Å². The summed E-state index contributed by atoms with van der Waals surface area (Å²) in [7, 11) is -2.47. The van der Waals surface area contributed by atoms with Crippen molar-refractivity contribution in [3.63, 3.8) is 0 Å². The van der Waals surface area contributed by atoms with Gasteiger partial charge >= 0.3 is 51.4 Å². The van der Waals surface area contributed by atoms with Gasteiger partial charge in [-0.15, -0.1) is 0 Å². The molecule has 0 atom stereocenters. The fraction of sp³-hybridized carbons (Fsp3) is 1.00. The predicted octanol–water partition coefficient (Wildman–Crippen LogP) is 0.0758. The molecule has 0 radical (unpaired) electrons. The third kappa shape index (κ3) is 29.6. The molecule has 0 spiro atoms. The molecule has 14 heteroatoms. The summed E-state index contributed by atoms with van der Waals surface area (Å²) in [6.07, 6.45) is 0. The molecule has 6 nitrogen and oxygen atoms in total. The Bertz CT molecular complexity index is 251. The van der Waals surface area contributed by atoms with E-state index in [1.165, 1.54) is 0 Å². The van der Waals surface area contributed by atoms with Gasteiger partial charge in [-0.1, -0.05) is 0 Å². The van der Waals surface area contributed by atoms with Crippen molar-refractivity contribution >= 4 is 8.58 Å². The second kappa shape index (κ2) is 20.3. The molecule has 28 heavy (non-hydrogen) atoms. The van der Waals surface area contributed by atoms with Crippen molar-refractivity contribution < 1.29 is 106 Å². The summed E-state index contributed by atoms with van der Waals surface area (Å²) in [4.78, 5) is 0. The van der Waals surface area contributed by atoms with E-state index in [0.717, 1.165) is 0 Å². The summed E-state index contributed by atoms with van der Waals surface area (Å²) >= 11 is 0. The van der Waals surface area contributed by atoms with Crippen molar-refractivity contribution in [3.8, 4) is 0 Å². The molecule has 1 heterocycles. The van der Waals surface area contributed by atoms with Gasteiger partial charge in [-0.05, 0) is 0 Å². The molecule has 0 unspecified atom stereocenters. The first kappa shape index (κ1) is 31.6. The Kier molecular flexibility index (Phi) is 22.9. The maximum absolute atomic E-state index is 10.8. The van der Waals surface area contributed by atoms with Gasteiger partial charge in [0.25, 0.3) is 11.8 Å². The molecule has 0 aromatic carbocycles. The summed E-state index contributed by atoms with van der Waals surface area (Å²) in [6, 6.07) is 0. The molecule has 1 saturated heterocycles. The molecule has 0 amide bonds. The van der Waals surface area contributed by atoms with Gasteiger partial charge < -0.3 is 37.0 Å². The first-order valence-corrected chi connectivity index (χ1v) is 8.94. The third-order valence-electron chi connectivity index (χ3n) is 2.49. The molecular formula is C14H24F6KO6P. The maximum Gasteiger partial charge on any atom is 1.00 e. The molecular weight excluding hydrogens is 448 g/mol. The van der Waals surface area contributed by atoms with E-state index >= 15 is 0 Å². The molecule has 0 saturated carbocycles. The van der Waals surface area contributed by atoms with E-state index in [1.54, 1.807) is 0 Å². The van der Waals surface area contributed by atoms with Crippen LogP contribution in [0.1, 0.15) is 0 Å². The number of alkyl halides is 6. The van der Waals surface area contributed by atoms with Crippen LogP contribution in [0.25, 0.3) is 0 Å². The number of rotatable bonds is 0. The molecule has 0 N–H and O–H groups in total. The van der Waals surface area contributed by atoms with E-state index in [-0.39, 0.29) is 51.4 Å². The Morgan fingerprint density at radius 2 is 0.536 bits per heavy atom. The fourth-order valence-electron chi connectivity index (χ4n) is 1.46. The topological polar surface area (TPSA) is 55.4 Å². The summed E-state index contributed by atoms with van der Waals surface area (Å²) in [5.41, 5.74) is 0. The van der Waals surface area contributed by atoms with Gasteiger partial charge in [-0.2, -0.15) is 0 Å². The quantitative estimate of drug-likeness (QED) is 0.283. The van der Waals surface area contributed by atoms with Crippen molar-refractivity contribution in [2.45, 2.75) is 11.8 Å². The van der Waals surface area contributed by atoms with Gasteiger partial charge in [0.2, 0.25) is 0 Å². The minimum absolute atomic E-state index is 0. The van der Waals surface area contributed by atoms with Crippen LogP contribution in [0, 0.1) is 0 Å². The van der Waals surface area contributed by atoms with Crippen LogP contribution in [0.3, 0.4) is 0 Å². The van der Waals surface area contributed by atoms with E-state index in [9.17, 15) is 26.3 Å². The Morgan fingerprint density at radius 1 is 0.393 bits per heavy atom. The summed E-state index contributed by atoms with van der Waals surface area (Å²) in [5.74, 6) is -10.3. The number of halogens is 6. The zero-order valence-corrected chi connectivity index (χ0v) is 19.7. The third-order valence-corrected chi connectivity index (χ3v) is 2.99. The Hall–Kier alpha value is 1.41. The molecule has 0 aliphatic carbocycles. The number of hydrogen-bond donors (Lipinski definition) is 0. The van der Waals surface area contributed by atoms with Gasteiger partial charge in [0.1, 0.15) is 0 Å². The van der Waals surface area contributed by atoms with E-state index in [4.69, 9.17) is 28.4 Å². The van der Waals surface area contributed by atoms with Crippen molar-refractivity contribution in [2.75, 3.05) is 79.3 Å². The zero-order valence-electron chi connectivity index (χ0n) is 15.6. The van der Waals surface area contributed by atoms with Gasteiger partial charge in [-0.25, -0.2) is 26.3 Å². The van der Waals surface area contributed by atoms with E-state index in [1.807, 2.05) is 0 Å². The molecule has 1 rings (SSSR count). The van der Waals surface area contributed by atoms with Crippen LogP contribution in [0.5, 0.6) is 0 Å². The standard InChI is InChI=1S/C12H24O6.C2F6P.K/c1-2-14-5-6-16-9-10-18-12-11-17-8-7-15-4-3-13-1;3-1(4,5)9-2(6,7)8;/h1-12H2;;/q;-1;+1. The fourth-order valence-corrected chi connectivity index (χ4v) is 1.75. The normalized spacial score (nSPS) is 19.9. The van der Waals surface area contributed by atoms with Crippen LogP contribution in [-0.2, 0) is 28.4 Å². The molecule has 1 fully saturated rings. The molecule has 0 bridgehead atoms. The average molecular weight is 472 g/mol. The van der Waals surface area contributed by atoms with Crippen LogP contribution >= 0.6 is 8.58 Å². The van der Waals surface area contributed by atoms with Crippen LogP contribution in [-0.4, -0.2) is 91.1 Å². The molecule has 1 aliphatic heterocycles. The van der Waals surface area contributed by atoms with Gasteiger partial charge in [0.05, 0.1) is 79.3 Å². The molecule has 0 aromatic heterocycles. The Balaban J connectivity index is 0. The van der Waals surface area contributed by atoms with Crippen molar-refractivity contribution in [3.05, 3.63) is 0 Å². The minimum atomic E-state index is -5.17. The number of hydrogen-bond acceptors (Lipinski definition) is 6. The van der Waals surface area contributed by atoms with Crippen LogP contribution in [0.15, 0.2) is 0 Å². The van der Waals surface area contributed by atoms with Crippen LogP contribution in [0.2, 0.25) is 0 Å². The van der Waals surface area contributed by atoms with Crippen molar-refractivity contribution in [2.24, 2.45) is 0 Å². The first-order chi connectivity index (χ1) is 12.7. The van der Waals surface area contributed by atoms with Gasteiger partial charge in [0.15, 0.2) is 0 Å². The van der Waals surface area contributed by atoms with E-state index in [0.29, 0.717) is 79.3 Å². The predicted molar refractivity (Wildman–Crippen MR) is 83.9 cm³/mol. The van der Waals surface area contributed by atoms with Crippen molar-refractivity contribution in [1.82, 2.24) is 0 Å². The van der Waals surface area contributed by atoms with Crippen LogP contribution in [0.4, 0.5) is 26.3 Å². The average Bonchev–Trinajstić information content (AvgIpc) is 2.52. The maximum atomic E-state index is 10.8. The second-order valence-corrected chi connectivity index (χ2v) is 5.96. The first-order valence-electron chi connectivity index (χ1n) is 8.05. The zero-order chi connectivity index (χ0) is 20.4. The van der Waals surface area contributed by atoms with Crippen molar-refractivity contribution in [1.29, 1.82) is 0 Å². The molecule has 1 aliphatic rings. The smallest absolute Gasteiger partial charge is 0.377 e. The second-order valence-electron chi connectivity index (χ2n) is 4.72. The van der Waals surface area contributed by atoms with Gasteiger partial charge in [-0.3, -0.25) is 0 Å². The summed E-state index contributed by atoms with van der Waals surface area (Å²) in [5, 5.41) is 0. The monoisotopic (exact) mass is 472 g/mol. The SMILES string of the molecule is C1COCCOCCOCCOCCOCCO1.FC(F)(F)[P-]C(F)(F)F.[K+]. The summed E-state index contributed by atoms with van der Waals surface area (Å²) in [6.45, 7) is 7.04. The van der Waals surface area contributed by atoms with Crippen LogP contribution < -0.4 is 51.4 Å². The van der Waals surface area contributed by atoms with E-state index in [2.05, 4.69) is 0 Å². The Morgan fingerprint density at radius 3 is 0.607 bits per heavy atom. The van der Waals surface area contributed by atoms with Gasteiger partial charge in [0, 0.05) is 0 Å². The largest absolute Gasteiger partial charge is 1.00 e. The number of ether oxygens (including phenoxy) is 6. The molecule has 0 aromatic rings. The Labute approximate surface area is 204 Å². The summed E-state index contributed by atoms with van der Waals surface area (Å²) < 4.78 is 96.9. The minimum Gasteiger partial charge on any atom is -0.377 e. The molecule has 164 valence electrons.